The molecule has 1 aromatic heterocycles. The highest BCUT2D eigenvalue weighted by atomic mass is 19.3. The van der Waals surface area contributed by atoms with Crippen molar-refractivity contribution in [2.45, 2.75) is 32.0 Å². The normalized spacial score (nSPS) is 16.1. The maximum absolute atomic E-state index is 13.1. The van der Waals surface area contributed by atoms with Gasteiger partial charge in [-0.3, -0.25) is 9.36 Å². The first-order chi connectivity index (χ1) is 12.1. The number of imidazole rings is 1. The molecule has 0 N–H and O–H groups in total. The summed E-state index contributed by atoms with van der Waals surface area (Å²) >= 11 is 0. The van der Waals surface area contributed by atoms with Crippen LogP contribution in [0.15, 0.2) is 30.6 Å². The zero-order valence-electron chi connectivity index (χ0n) is 13.4. The lowest BCUT2D eigenvalue weighted by Crippen LogP contribution is -2.34. The predicted molar refractivity (Wildman–Crippen MR) is 83.8 cm³/mol. The molecule has 2 heterocycles. The highest BCUT2D eigenvalue weighted by Gasteiger charge is 2.36. The van der Waals surface area contributed by atoms with Crippen molar-refractivity contribution in [1.29, 1.82) is 0 Å². The lowest BCUT2D eigenvalue weighted by Gasteiger charge is -2.26. The molecule has 0 atom stereocenters. The number of nitrogens with zero attached hydrogens (tertiary/aromatic N) is 3. The molecule has 4 rings (SSSR count). The van der Waals surface area contributed by atoms with Gasteiger partial charge in [0.1, 0.15) is 19.0 Å². The van der Waals surface area contributed by atoms with E-state index in [9.17, 15) is 13.6 Å². The maximum atomic E-state index is 13.1. The summed E-state index contributed by atoms with van der Waals surface area (Å²) in [6.07, 6.45) is 4.25. The van der Waals surface area contributed by atoms with Crippen LogP contribution in [0.5, 0.6) is 11.5 Å². The molecule has 1 aliphatic heterocycles. The maximum Gasteiger partial charge on any atom is 0.319 e. The zero-order valence-corrected chi connectivity index (χ0v) is 13.4. The summed E-state index contributed by atoms with van der Waals surface area (Å²) in [5, 5.41) is 0. The fourth-order valence-electron chi connectivity index (χ4n) is 2.95. The molecule has 8 heteroatoms. The fourth-order valence-corrected chi connectivity index (χ4v) is 2.95. The minimum atomic E-state index is -2.69. The number of rotatable bonds is 5. The van der Waals surface area contributed by atoms with E-state index in [4.69, 9.17) is 9.47 Å². The summed E-state index contributed by atoms with van der Waals surface area (Å²) in [4.78, 5) is 18.6. The van der Waals surface area contributed by atoms with Crippen LogP contribution in [0.4, 0.5) is 8.78 Å². The molecule has 1 amide bonds. The van der Waals surface area contributed by atoms with Crippen molar-refractivity contribution in [1.82, 2.24) is 14.5 Å². The first kappa shape index (κ1) is 15.9. The quantitative estimate of drug-likeness (QED) is 0.833. The Labute approximate surface area is 143 Å². The summed E-state index contributed by atoms with van der Waals surface area (Å²) in [5.74, 6) is 0.856. The van der Waals surface area contributed by atoms with E-state index < -0.39 is 6.55 Å². The van der Waals surface area contributed by atoms with E-state index in [-0.39, 0.29) is 24.3 Å². The van der Waals surface area contributed by atoms with Gasteiger partial charge in [-0.05, 0) is 25.0 Å². The SMILES string of the molecule is O=C(c1cccc2c1OCCO2)N(Cc1nccn1C(F)F)C1CC1. The van der Waals surface area contributed by atoms with Crippen molar-refractivity contribution >= 4 is 5.91 Å². The van der Waals surface area contributed by atoms with E-state index in [0.29, 0.717) is 30.3 Å². The second kappa shape index (κ2) is 6.34. The minimum absolute atomic E-state index is 0.0331. The van der Waals surface area contributed by atoms with Crippen molar-refractivity contribution < 1.29 is 23.0 Å². The van der Waals surface area contributed by atoms with Crippen LogP contribution < -0.4 is 9.47 Å². The van der Waals surface area contributed by atoms with Crippen molar-refractivity contribution in [3.8, 4) is 11.5 Å². The van der Waals surface area contributed by atoms with Gasteiger partial charge in [0, 0.05) is 18.4 Å². The number of fused-ring (bicyclic) bond motifs is 1. The Balaban J connectivity index is 1.63. The predicted octanol–water partition coefficient (Wildman–Crippen LogP) is 2.85. The van der Waals surface area contributed by atoms with E-state index in [1.807, 2.05) is 0 Å². The van der Waals surface area contributed by atoms with Crippen LogP contribution in [0.2, 0.25) is 0 Å². The smallest absolute Gasteiger partial charge is 0.319 e. The average Bonchev–Trinajstić information content (AvgIpc) is 3.36. The highest BCUT2D eigenvalue weighted by Crippen LogP contribution is 2.37. The molecule has 132 valence electrons. The number of carbonyl (C=O) groups is 1. The largest absolute Gasteiger partial charge is 0.486 e. The number of benzene rings is 1. The van der Waals surface area contributed by atoms with E-state index in [1.165, 1.54) is 12.4 Å². The molecule has 1 saturated carbocycles. The van der Waals surface area contributed by atoms with Gasteiger partial charge in [0.25, 0.3) is 5.91 Å². The van der Waals surface area contributed by atoms with Gasteiger partial charge in [-0.15, -0.1) is 0 Å². The molecule has 2 aromatic rings. The van der Waals surface area contributed by atoms with Crippen LogP contribution in [-0.4, -0.2) is 39.6 Å². The fraction of sp³-hybridized carbons (Fsp3) is 0.412. The molecular formula is C17H17F2N3O3. The highest BCUT2D eigenvalue weighted by molar-refractivity contribution is 5.98. The van der Waals surface area contributed by atoms with Gasteiger partial charge >= 0.3 is 6.55 Å². The monoisotopic (exact) mass is 349 g/mol. The molecule has 0 saturated heterocycles. The van der Waals surface area contributed by atoms with E-state index in [0.717, 1.165) is 17.4 Å². The van der Waals surface area contributed by atoms with Crippen molar-refractivity contribution in [2.75, 3.05) is 13.2 Å². The molecule has 1 fully saturated rings. The Kier molecular flexibility index (Phi) is 4.03. The van der Waals surface area contributed by atoms with Crippen LogP contribution in [-0.2, 0) is 6.54 Å². The van der Waals surface area contributed by atoms with Gasteiger partial charge in [0.2, 0.25) is 0 Å². The lowest BCUT2D eigenvalue weighted by atomic mass is 10.1. The number of para-hydroxylation sites is 1. The number of carbonyl (C=O) groups excluding carboxylic acids is 1. The van der Waals surface area contributed by atoms with Crippen molar-refractivity contribution in [2.24, 2.45) is 0 Å². The van der Waals surface area contributed by atoms with Crippen LogP contribution >= 0.6 is 0 Å². The van der Waals surface area contributed by atoms with Crippen LogP contribution in [0, 0.1) is 0 Å². The number of alkyl halides is 2. The Morgan fingerprint density at radius 3 is 2.88 bits per heavy atom. The van der Waals surface area contributed by atoms with Gasteiger partial charge in [0.05, 0.1) is 12.1 Å². The standard InChI is InChI=1S/C17H17F2N3O3/c18-17(19)21-7-6-20-14(21)10-22(11-4-5-11)16(23)12-2-1-3-13-15(12)25-9-8-24-13/h1-3,6-7,11,17H,4-5,8-10H2. The number of aromatic nitrogens is 2. The van der Waals surface area contributed by atoms with E-state index in [1.54, 1.807) is 23.1 Å². The Morgan fingerprint density at radius 2 is 2.12 bits per heavy atom. The number of hydrogen-bond acceptors (Lipinski definition) is 4. The Hall–Kier alpha value is -2.64. The third-order valence-corrected chi connectivity index (χ3v) is 4.32. The van der Waals surface area contributed by atoms with E-state index >= 15 is 0 Å². The van der Waals surface area contributed by atoms with Crippen LogP contribution in [0.25, 0.3) is 0 Å². The second-order valence-electron chi connectivity index (χ2n) is 6.02. The molecule has 25 heavy (non-hydrogen) atoms. The summed E-state index contributed by atoms with van der Waals surface area (Å²) in [6, 6.07) is 5.18. The third kappa shape index (κ3) is 3.04. The lowest BCUT2D eigenvalue weighted by molar-refractivity contribution is 0.0580. The molecule has 1 aliphatic carbocycles. The second-order valence-corrected chi connectivity index (χ2v) is 6.02. The van der Waals surface area contributed by atoms with Gasteiger partial charge in [-0.25, -0.2) is 4.98 Å². The van der Waals surface area contributed by atoms with Crippen molar-refractivity contribution in [3.63, 3.8) is 0 Å². The molecule has 0 radical (unpaired) electrons. The molecule has 1 aromatic carbocycles. The number of amides is 1. The number of halogens is 2. The first-order valence-corrected chi connectivity index (χ1v) is 8.14. The third-order valence-electron chi connectivity index (χ3n) is 4.32. The molecule has 6 nitrogen and oxygen atoms in total. The van der Waals surface area contributed by atoms with Crippen LogP contribution in [0.3, 0.4) is 0 Å². The number of ether oxygens (including phenoxy) is 2. The molecule has 0 bridgehead atoms. The van der Waals surface area contributed by atoms with Crippen molar-refractivity contribution in [3.05, 3.63) is 42.0 Å². The molecule has 0 spiro atoms. The number of hydrogen-bond donors (Lipinski definition) is 0. The van der Waals surface area contributed by atoms with E-state index in [2.05, 4.69) is 4.98 Å². The Bertz CT molecular complexity index is 789. The topological polar surface area (TPSA) is 56.6 Å². The Morgan fingerprint density at radius 1 is 1.32 bits per heavy atom. The van der Waals surface area contributed by atoms with Gasteiger partial charge in [0.15, 0.2) is 11.5 Å². The van der Waals surface area contributed by atoms with Gasteiger partial charge in [-0.1, -0.05) is 6.07 Å². The van der Waals surface area contributed by atoms with Crippen LogP contribution in [0.1, 0.15) is 35.6 Å². The summed E-state index contributed by atoms with van der Waals surface area (Å²) in [6.45, 7) is -1.85. The first-order valence-electron chi connectivity index (χ1n) is 8.14. The summed E-state index contributed by atoms with van der Waals surface area (Å²) in [5.41, 5.74) is 0.388. The summed E-state index contributed by atoms with van der Waals surface area (Å²) < 4.78 is 38.0. The minimum Gasteiger partial charge on any atom is -0.486 e. The van der Waals surface area contributed by atoms with Gasteiger partial charge < -0.3 is 14.4 Å². The molecular weight excluding hydrogens is 332 g/mol. The van der Waals surface area contributed by atoms with Gasteiger partial charge in [-0.2, -0.15) is 8.78 Å². The molecule has 2 aliphatic rings. The summed E-state index contributed by atoms with van der Waals surface area (Å²) in [7, 11) is 0. The molecule has 0 unspecified atom stereocenters. The zero-order chi connectivity index (χ0) is 17.4. The average molecular weight is 349 g/mol.